The van der Waals surface area contributed by atoms with E-state index in [1.807, 2.05) is 6.07 Å². The molecule has 1 atom stereocenters. The summed E-state index contributed by atoms with van der Waals surface area (Å²) in [6.07, 6.45) is -2.47. The van der Waals surface area contributed by atoms with E-state index in [4.69, 9.17) is 19.3 Å². The van der Waals surface area contributed by atoms with Crippen molar-refractivity contribution < 1.29 is 34.3 Å². The van der Waals surface area contributed by atoms with Gasteiger partial charge in [-0.25, -0.2) is 4.79 Å². The van der Waals surface area contributed by atoms with Crippen LogP contribution in [0, 0.1) is 0 Å². The van der Waals surface area contributed by atoms with Crippen LogP contribution in [0.2, 0.25) is 0 Å². The SMILES string of the molecule is COC1=C(NC(=O)OCc2ccccc2)C(O)C(O)=C(CO)O1. The number of alkyl carbamates (subject to hydrolysis) is 1. The molecule has 1 heterocycles. The molecule has 8 heteroatoms. The highest BCUT2D eigenvalue weighted by molar-refractivity contribution is 5.70. The van der Waals surface area contributed by atoms with Crippen LogP contribution in [0.3, 0.4) is 0 Å². The highest BCUT2D eigenvalue weighted by Crippen LogP contribution is 2.25. The second kappa shape index (κ2) is 7.52. The van der Waals surface area contributed by atoms with E-state index in [2.05, 4.69) is 5.32 Å². The molecule has 0 aliphatic carbocycles. The second-order valence-corrected chi connectivity index (χ2v) is 4.56. The van der Waals surface area contributed by atoms with Crippen molar-refractivity contribution in [2.24, 2.45) is 0 Å². The summed E-state index contributed by atoms with van der Waals surface area (Å²) in [5.41, 5.74) is 0.564. The van der Waals surface area contributed by atoms with Gasteiger partial charge in [0.05, 0.1) is 7.11 Å². The predicted molar refractivity (Wildman–Crippen MR) is 77.6 cm³/mol. The van der Waals surface area contributed by atoms with Gasteiger partial charge in [-0.05, 0) is 5.56 Å². The third-order valence-electron chi connectivity index (χ3n) is 3.03. The number of ether oxygens (including phenoxy) is 3. The zero-order chi connectivity index (χ0) is 16.8. The van der Waals surface area contributed by atoms with Crippen molar-refractivity contribution in [1.82, 2.24) is 5.32 Å². The van der Waals surface area contributed by atoms with Crippen LogP contribution in [0.5, 0.6) is 0 Å². The number of hydrogen-bond acceptors (Lipinski definition) is 7. The predicted octanol–water partition coefficient (Wildman–Crippen LogP) is 0.881. The molecule has 23 heavy (non-hydrogen) atoms. The second-order valence-electron chi connectivity index (χ2n) is 4.56. The van der Waals surface area contributed by atoms with E-state index in [0.717, 1.165) is 5.56 Å². The van der Waals surface area contributed by atoms with Crippen molar-refractivity contribution in [3.8, 4) is 0 Å². The van der Waals surface area contributed by atoms with Crippen LogP contribution in [-0.2, 0) is 20.8 Å². The number of aliphatic hydroxyl groups is 3. The molecule has 0 spiro atoms. The van der Waals surface area contributed by atoms with E-state index in [1.54, 1.807) is 24.3 Å². The number of methoxy groups -OCH3 is 1. The number of carbonyl (C=O) groups excluding carboxylic acids is 1. The van der Waals surface area contributed by atoms with E-state index in [-0.39, 0.29) is 24.0 Å². The van der Waals surface area contributed by atoms with Gasteiger partial charge >= 0.3 is 12.0 Å². The smallest absolute Gasteiger partial charge is 0.412 e. The largest absolute Gasteiger partial charge is 0.506 e. The molecule has 1 unspecified atom stereocenters. The Hall–Kier alpha value is -2.71. The fourth-order valence-electron chi connectivity index (χ4n) is 1.87. The maximum Gasteiger partial charge on any atom is 0.412 e. The lowest BCUT2D eigenvalue weighted by Crippen LogP contribution is -2.36. The number of carbonyl (C=O) groups is 1. The Kier molecular flexibility index (Phi) is 5.45. The first-order chi connectivity index (χ1) is 11.1. The molecule has 0 aromatic heterocycles. The van der Waals surface area contributed by atoms with Crippen molar-refractivity contribution in [2.75, 3.05) is 13.7 Å². The molecule has 4 N–H and O–H groups in total. The first-order valence-electron chi connectivity index (χ1n) is 6.71. The first kappa shape index (κ1) is 16.7. The molecule has 0 fully saturated rings. The molecule has 124 valence electrons. The van der Waals surface area contributed by atoms with E-state index in [1.165, 1.54) is 7.11 Å². The summed E-state index contributed by atoms with van der Waals surface area (Å²) in [7, 11) is 1.25. The Morgan fingerprint density at radius 1 is 1.35 bits per heavy atom. The Balaban J connectivity index is 2.02. The molecule has 1 aromatic carbocycles. The lowest BCUT2D eigenvalue weighted by Gasteiger charge is -2.25. The molecule has 1 aliphatic heterocycles. The fourth-order valence-corrected chi connectivity index (χ4v) is 1.87. The lowest BCUT2D eigenvalue weighted by atomic mass is 10.1. The van der Waals surface area contributed by atoms with Crippen LogP contribution in [0.4, 0.5) is 4.79 Å². The van der Waals surface area contributed by atoms with Crippen molar-refractivity contribution in [1.29, 1.82) is 0 Å². The number of benzene rings is 1. The molecule has 1 aromatic rings. The quantitative estimate of drug-likeness (QED) is 0.635. The molecular formula is C15H17NO7. The van der Waals surface area contributed by atoms with Gasteiger partial charge in [-0.2, -0.15) is 0 Å². The van der Waals surface area contributed by atoms with Gasteiger partial charge in [-0.1, -0.05) is 30.3 Å². The maximum atomic E-state index is 11.8. The average molecular weight is 323 g/mol. The Labute approximate surface area is 132 Å². The van der Waals surface area contributed by atoms with Gasteiger partial charge in [0.15, 0.2) is 17.6 Å². The minimum absolute atomic E-state index is 0.0307. The van der Waals surface area contributed by atoms with Crippen LogP contribution < -0.4 is 5.32 Å². The molecule has 0 saturated heterocycles. The lowest BCUT2D eigenvalue weighted by molar-refractivity contribution is 0.0339. The molecule has 1 amide bonds. The Morgan fingerprint density at radius 3 is 2.65 bits per heavy atom. The van der Waals surface area contributed by atoms with E-state index in [0.29, 0.717) is 0 Å². The molecule has 0 saturated carbocycles. The number of rotatable bonds is 5. The van der Waals surface area contributed by atoms with E-state index in [9.17, 15) is 15.0 Å². The van der Waals surface area contributed by atoms with Crippen LogP contribution in [-0.4, -0.2) is 41.2 Å². The molecular weight excluding hydrogens is 306 g/mol. The summed E-state index contributed by atoms with van der Waals surface area (Å²) in [6, 6.07) is 9.02. The van der Waals surface area contributed by atoms with Crippen molar-refractivity contribution in [3.63, 3.8) is 0 Å². The molecule has 0 radical (unpaired) electrons. The number of aliphatic hydroxyl groups excluding tert-OH is 3. The van der Waals surface area contributed by atoms with Crippen LogP contribution in [0.25, 0.3) is 0 Å². The Bertz CT molecular complexity index is 624. The van der Waals surface area contributed by atoms with Crippen molar-refractivity contribution in [3.05, 3.63) is 59.1 Å². The highest BCUT2D eigenvalue weighted by Gasteiger charge is 2.33. The molecule has 1 aliphatic rings. The van der Waals surface area contributed by atoms with Gasteiger partial charge in [-0.15, -0.1) is 0 Å². The zero-order valence-corrected chi connectivity index (χ0v) is 12.4. The normalized spacial score (nSPS) is 17.6. The van der Waals surface area contributed by atoms with Crippen molar-refractivity contribution in [2.45, 2.75) is 12.7 Å². The van der Waals surface area contributed by atoms with E-state index < -0.39 is 24.6 Å². The van der Waals surface area contributed by atoms with Crippen molar-refractivity contribution >= 4 is 6.09 Å². The number of amides is 1. The summed E-state index contributed by atoms with van der Waals surface area (Å²) in [6.45, 7) is -0.607. The van der Waals surface area contributed by atoms with Gasteiger partial charge in [0.25, 0.3) is 0 Å². The minimum Gasteiger partial charge on any atom is -0.506 e. The average Bonchev–Trinajstić information content (AvgIpc) is 2.58. The Morgan fingerprint density at radius 2 is 2.04 bits per heavy atom. The molecule has 2 rings (SSSR count). The highest BCUT2D eigenvalue weighted by atomic mass is 16.7. The van der Waals surface area contributed by atoms with Crippen LogP contribution in [0.15, 0.2) is 53.5 Å². The maximum absolute atomic E-state index is 11.8. The monoisotopic (exact) mass is 323 g/mol. The van der Waals surface area contributed by atoms with Crippen LogP contribution in [0.1, 0.15) is 5.56 Å². The summed E-state index contributed by atoms with van der Waals surface area (Å²) in [5.74, 6) is -1.14. The number of nitrogens with one attached hydrogen (secondary N) is 1. The summed E-state index contributed by atoms with van der Waals surface area (Å²) < 4.78 is 14.9. The van der Waals surface area contributed by atoms with Gasteiger partial charge in [0.2, 0.25) is 0 Å². The molecule has 8 nitrogen and oxygen atoms in total. The minimum atomic E-state index is -1.61. The summed E-state index contributed by atoms with van der Waals surface area (Å²) >= 11 is 0. The van der Waals surface area contributed by atoms with Gasteiger partial charge in [0.1, 0.15) is 18.9 Å². The first-order valence-corrected chi connectivity index (χ1v) is 6.71. The van der Waals surface area contributed by atoms with Gasteiger partial charge in [-0.3, -0.25) is 5.32 Å². The standard InChI is InChI=1S/C15H17NO7/c1-21-14-11(13(19)12(18)10(7-17)23-14)16-15(20)22-8-9-5-3-2-4-6-9/h2-6,13,17-19H,7-8H2,1H3,(H,16,20). The van der Waals surface area contributed by atoms with E-state index >= 15 is 0 Å². The fraction of sp³-hybridized carbons (Fsp3) is 0.267. The molecule has 0 bridgehead atoms. The third-order valence-corrected chi connectivity index (χ3v) is 3.03. The number of hydrogen-bond donors (Lipinski definition) is 4. The topological polar surface area (TPSA) is 117 Å². The summed E-state index contributed by atoms with van der Waals surface area (Å²) in [4.78, 5) is 11.8. The zero-order valence-electron chi connectivity index (χ0n) is 12.4. The van der Waals surface area contributed by atoms with Gasteiger partial charge in [0, 0.05) is 0 Å². The summed E-state index contributed by atoms with van der Waals surface area (Å²) in [5, 5.41) is 31.0. The van der Waals surface area contributed by atoms with Crippen LogP contribution >= 0.6 is 0 Å². The third kappa shape index (κ3) is 3.93. The van der Waals surface area contributed by atoms with Gasteiger partial charge < -0.3 is 29.5 Å².